The molecule has 1 aromatic heterocycles. The van der Waals surface area contributed by atoms with Gasteiger partial charge < -0.3 is 5.32 Å². The third-order valence-electron chi connectivity index (χ3n) is 2.53. The number of rotatable bonds is 9. The largest absolute Gasteiger partial charge is 0.317 e. The fraction of sp³-hybridized carbons (Fsp3) is 0.667. The van der Waals surface area contributed by atoms with Gasteiger partial charge in [0.1, 0.15) is 0 Å². The molecule has 0 spiro atoms. The van der Waals surface area contributed by atoms with Crippen LogP contribution in [-0.2, 0) is 16.6 Å². The Labute approximate surface area is 114 Å². The second kappa shape index (κ2) is 7.89. The second-order valence-electron chi connectivity index (χ2n) is 4.21. The summed E-state index contributed by atoms with van der Waals surface area (Å²) in [5, 5.41) is 3.18. The number of unbranched alkanes of at least 4 members (excludes halogenated alkanes) is 1. The first-order valence-corrected chi connectivity index (χ1v) is 8.74. The molecule has 0 unspecified atom stereocenters. The highest BCUT2D eigenvalue weighted by Crippen LogP contribution is 2.14. The summed E-state index contributed by atoms with van der Waals surface area (Å²) in [7, 11) is -3.13. The van der Waals surface area contributed by atoms with Gasteiger partial charge in [-0.25, -0.2) is 13.1 Å². The monoisotopic (exact) mass is 290 g/mol. The Morgan fingerprint density at radius 3 is 2.67 bits per heavy atom. The topological polar surface area (TPSA) is 58.2 Å². The van der Waals surface area contributed by atoms with Gasteiger partial charge in [0.05, 0.1) is 5.75 Å². The van der Waals surface area contributed by atoms with E-state index in [1.807, 2.05) is 26.0 Å². The van der Waals surface area contributed by atoms with Crippen molar-refractivity contribution in [1.29, 1.82) is 0 Å². The molecule has 1 aromatic rings. The van der Waals surface area contributed by atoms with Crippen LogP contribution in [-0.4, -0.2) is 27.3 Å². The van der Waals surface area contributed by atoms with Crippen LogP contribution in [0.15, 0.2) is 12.1 Å². The second-order valence-corrected chi connectivity index (χ2v) is 7.51. The lowest BCUT2D eigenvalue weighted by Crippen LogP contribution is -2.26. The van der Waals surface area contributed by atoms with E-state index in [1.165, 1.54) is 4.88 Å². The standard InChI is InChI=1S/C12H22N2O2S2/c1-3-13-8-4-5-9-18(15,16)14-10-12-7-6-11(2)17-12/h6-7,13-14H,3-5,8-10H2,1-2H3. The number of nitrogens with one attached hydrogen (secondary N) is 2. The first-order chi connectivity index (χ1) is 8.53. The van der Waals surface area contributed by atoms with Gasteiger partial charge in [0, 0.05) is 16.3 Å². The Morgan fingerprint density at radius 2 is 2.06 bits per heavy atom. The molecule has 0 amide bonds. The third-order valence-corrected chi connectivity index (χ3v) is 4.94. The van der Waals surface area contributed by atoms with E-state index in [9.17, 15) is 8.42 Å². The summed E-state index contributed by atoms with van der Waals surface area (Å²) in [5.74, 6) is 0.211. The number of sulfonamides is 1. The van der Waals surface area contributed by atoms with E-state index in [2.05, 4.69) is 10.0 Å². The van der Waals surface area contributed by atoms with Crippen LogP contribution in [0.3, 0.4) is 0 Å². The minimum atomic E-state index is -3.13. The third kappa shape index (κ3) is 6.49. The normalized spacial score (nSPS) is 11.9. The summed E-state index contributed by atoms with van der Waals surface area (Å²) in [6.45, 7) is 6.29. The van der Waals surface area contributed by atoms with E-state index < -0.39 is 10.0 Å². The lowest BCUT2D eigenvalue weighted by molar-refractivity contribution is 0.574. The predicted molar refractivity (Wildman–Crippen MR) is 77.5 cm³/mol. The van der Waals surface area contributed by atoms with Gasteiger partial charge in [0.25, 0.3) is 0 Å². The van der Waals surface area contributed by atoms with Crippen LogP contribution in [0.1, 0.15) is 29.5 Å². The van der Waals surface area contributed by atoms with Gasteiger partial charge >= 0.3 is 0 Å². The average Bonchev–Trinajstić information content (AvgIpc) is 2.73. The van der Waals surface area contributed by atoms with Crippen LogP contribution in [0.2, 0.25) is 0 Å². The molecule has 0 atom stereocenters. The molecule has 0 aliphatic rings. The molecule has 0 fully saturated rings. The Hall–Kier alpha value is -0.430. The lowest BCUT2D eigenvalue weighted by atomic mass is 10.3. The van der Waals surface area contributed by atoms with E-state index >= 15 is 0 Å². The molecule has 104 valence electrons. The quantitative estimate of drug-likeness (QED) is 0.683. The van der Waals surface area contributed by atoms with Crippen LogP contribution in [0.4, 0.5) is 0 Å². The minimum absolute atomic E-state index is 0.211. The summed E-state index contributed by atoms with van der Waals surface area (Å²) < 4.78 is 26.1. The molecule has 0 aromatic carbocycles. The fourth-order valence-electron chi connectivity index (χ4n) is 1.55. The van der Waals surface area contributed by atoms with Gasteiger partial charge in [-0.15, -0.1) is 11.3 Å². The molecule has 6 heteroatoms. The summed E-state index contributed by atoms with van der Waals surface area (Å²) in [5.41, 5.74) is 0. The molecular formula is C12H22N2O2S2. The lowest BCUT2D eigenvalue weighted by Gasteiger charge is -2.05. The van der Waals surface area contributed by atoms with Crippen molar-refractivity contribution in [2.45, 2.75) is 33.2 Å². The molecule has 0 bridgehead atoms. The van der Waals surface area contributed by atoms with E-state index in [0.717, 1.165) is 24.4 Å². The van der Waals surface area contributed by atoms with Crippen molar-refractivity contribution in [3.63, 3.8) is 0 Å². The predicted octanol–water partition coefficient (Wildman–Crippen LogP) is 1.87. The smallest absolute Gasteiger partial charge is 0.211 e. The number of hydrogen-bond donors (Lipinski definition) is 2. The fourth-order valence-corrected chi connectivity index (χ4v) is 3.58. The zero-order valence-electron chi connectivity index (χ0n) is 11.0. The van der Waals surface area contributed by atoms with Crippen molar-refractivity contribution >= 4 is 21.4 Å². The average molecular weight is 290 g/mol. The van der Waals surface area contributed by atoms with E-state index in [1.54, 1.807) is 11.3 Å². The Bertz CT molecular complexity index is 441. The Balaban J connectivity index is 2.23. The zero-order chi connectivity index (χ0) is 13.4. The first kappa shape index (κ1) is 15.6. The van der Waals surface area contributed by atoms with E-state index in [0.29, 0.717) is 13.0 Å². The van der Waals surface area contributed by atoms with Gasteiger partial charge in [-0.05, 0) is 45.0 Å². The van der Waals surface area contributed by atoms with Gasteiger partial charge in [-0.3, -0.25) is 0 Å². The van der Waals surface area contributed by atoms with Gasteiger partial charge in [0.2, 0.25) is 10.0 Å². The van der Waals surface area contributed by atoms with Crippen molar-refractivity contribution in [2.24, 2.45) is 0 Å². The maximum Gasteiger partial charge on any atom is 0.211 e. The van der Waals surface area contributed by atoms with Crippen molar-refractivity contribution in [3.05, 3.63) is 21.9 Å². The molecule has 1 rings (SSSR count). The first-order valence-electron chi connectivity index (χ1n) is 6.27. The van der Waals surface area contributed by atoms with E-state index in [4.69, 9.17) is 0 Å². The van der Waals surface area contributed by atoms with Gasteiger partial charge in [0.15, 0.2) is 0 Å². The number of thiophene rings is 1. The Morgan fingerprint density at radius 1 is 1.28 bits per heavy atom. The molecular weight excluding hydrogens is 268 g/mol. The number of hydrogen-bond acceptors (Lipinski definition) is 4. The molecule has 1 heterocycles. The molecule has 18 heavy (non-hydrogen) atoms. The van der Waals surface area contributed by atoms with Crippen molar-refractivity contribution < 1.29 is 8.42 Å². The highest BCUT2D eigenvalue weighted by atomic mass is 32.2. The van der Waals surface area contributed by atoms with Gasteiger partial charge in [-0.1, -0.05) is 6.92 Å². The van der Waals surface area contributed by atoms with Crippen molar-refractivity contribution in [2.75, 3.05) is 18.8 Å². The van der Waals surface area contributed by atoms with Crippen LogP contribution >= 0.6 is 11.3 Å². The summed E-state index contributed by atoms with van der Waals surface area (Å²) in [4.78, 5) is 2.26. The maximum absolute atomic E-state index is 11.7. The molecule has 4 nitrogen and oxygen atoms in total. The van der Waals surface area contributed by atoms with Crippen molar-refractivity contribution in [1.82, 2.24) is 10.0 Å². The highest BCUT2D eigenvalue weighted by Gasteiger charge is 2.09. The van der Waals surface area contributed by atoms with Crippen LogP contribution in [0.5, 0.6) is 0 Å². The molecule has 0 radical (unpaired) electrons. The van der Waals surface area contributed by atoms with Crippen molar-refractivity contribution in [3.8, 4) is 0 Å². The minimum Gasteiger partial charge on any atom is -0.317 e. The molecule has 0 saturated carbocycles. The molecule has 0 saturated heterocycles. The van der Waals surface area contributed by atoms with Crippen LogP contribution in [0.25, 0.3) is 0 Å². The van der Waals surface area contributed by atoms with Crippen LogP contribution in [0, 0.1) is 6.92 Å². The highest BCUT2D eigenvalue weighted by molar-refractivity contribution is 7.89. The zero-order valence-corrected chi connectivity index (χ0v) is 12.7. The van der Waals surface area contributed by atoms with E-state index in [-0.39, 0.29) is 5.75 Å². The number of aryl methyl sites for hydroxylation is 1. The Kier molecular flexibility index (Phi) is 6.85. The summed E-state index contributed by atoms with van der Waals surface area (Å²) in [6.07, 6.45) is 1.60. The molecule has 0 aliphatic heterocycles. The summed E-state index contributed by atoms with van der Waals surface area (Å²) >= 11 is 1.63. The SMILES string of the molecule is CCNCCCCS(=O)(=O)NCc1ccc(C)s1. The van der Waals surface area contributed by atoms with Gasteiger partial charge in [-0.2, -0.15) is 0 Å². The molecule has 2 N–H and O–H groups in total. The summed E-state index contributed by atoms with van der Waals surface area (Å²) in [6, 6.07) is 3.97. The molecule has 0 aliphatic carbocycles. The van der Waals surface area contributed by atoms with Crippen LogP contribution < -0.4 is 10.0 Å². The maximum atomic E-state index is 11.7.